The lowest BCUT2D eigenvalue weighted by Crippen LogP contribution is -2.33. The summed E-state index contributed by atoms with van der Waals surface area (Å²) in [6, 6.07) is 11.7. The topological polar surface area (TPSA) is 39.7 Å². The van der Waals surface area contributed by atoms with Crippen LogP contribution in [0.5, 0.6) is 0 Å². The van der Waals surface area contributed by atoms with E-state index in [1.165, 1.54) is 0 Å². The van der Waals surface area contributed by atoms with Gasteiger partial charge in [-0.1, -0.05) is 26.0 Å². The highest BCUT2D eigenvalue weighted by Gasteiger charge is 2.29. The summed E-state index contributed by atoms with van der Waals surface area (Å²) in [5.74, 6) is 0.724. The Morgan fingerprint density at radius 1 is 1.04 bits per heavy atom. The van der Waals surface area contributed by atoms with Crippen LogP contribution in [0.15, 0.2) is 42.6 Å². The highest BCUT2D eigenvalue weighted by Crippen LogP contribution is 2.38. The number of carbonyl (C=O) groups is 1. The third kappa shape index (κ3) is 3.62. The van der Waals surface area contributed by atoms with Crippen LogP contribution in [0.1, 0.15) is 24.2 Å². The zero-order valence-electron chi connectivity index (χ0n) is 15.0. The molecule has 0 saturated carbocycles. The number of rotatable bonds is 5. The van der Waals surface area contributed by atoms with Gasteiger partial charge in [-0.25, -0.2) is 4.98 Å². The van der Waals surface area contributed by atoms with Crippen LogP contribution >= 0.6 is 12.4 Å². The monoisotopic (exact) mass is 360 g/mol. The van der Waals surface area contributed by atoms with Crippen LogP contribution in [0.25, 0.3) is 0 Å². The van der Waals surface area contributed by atoms with E-state index in [4.69, 9.17) is 0 Å². The summed E-state index contributed by atoms with van der Waals surface area (Å²) in [7, 11) is 1.83. The lowest BCUT2D eigenvalue weighted by atomic mass is 10.2. The molecule has 0 fully saturated rings. The maximum absolute atomic E-state index is 12.8. The van der Waals surface area contributed by atoms with Gasteiger partial charge in [-0.15, -0.1) is 12.4 Å². The molecule has 2 aromatic rings. The van der Waals surface area contributed by atoms with Gasteiger partial charge in [0.2, 0.25) is 0 Å². The highest BCUT2D eigenvalue weighted by molar-refractivity contribution is 6.12. The molecule has 0 aliphatic carbocycles. The first-order valence-electron chi connectivity index (χ1n) is 8.49. The van der Waals surface area contributed by atoms with Crippen LogP contribution in [0, 0.1) is 0 Å². The molecule has 1 aromatic carbocycles. The molecule has 1 aromatic heterocycles. The number of fused-ring (bicyclic) bond motifs is 2. The SMILES string of the molecule is CCN(CC)CCN1c2ccccc2N(C)C(=O)c2cccnc21.Cl. The second-order valence-corrected chi connectivity index (χ2v) is 5.91. The largest absolute Gasteiger partial charge is 0.323 e. The Morgan fingerprint density at radius 2 is 1.72 bits per heavy atom. The lowest BCUT2D eigenvalue weighted by Gasteiger charge is -2.28. The molecule has 2 heterocycles. The van der Waals surface area contributed by atoms with Crippen molar-refractivity contribution in [3.8, 4) is 0 Å². The molecule has 0 radical (unpaired) electrons. The molecule has 0 unspecified atom stereocenters. The minimum Gasteiger partial charge on any atom is -0.323 e. The number of nitrogens with zero attached hydrogens (tertiary/aromatic N) is 4. The van der Waals surface area contributed by atoms with Crippen LogP contribution in [-0.2, 0) is 0 Å². The summed E-state index contributed by atoms with van der Waals surface area (Å²) in [6.45, 7) is 8.09. The number of para-hydroxylation sites is 2. The maximum atomic E-state index is 12.8. The van der Waals surface area contributed by atoms with Crippen molar-refractivity contribution in [1.82, 2.24) is 9.88 Å². The second-order valence-electron chi connectivity index (χ2n) is 5.91. The molecule has 0 saturated heterocycles. The van der Waals surface area contributed by atoms with Crippen molar-refractivity contribution >= 4 is 35.5 Å². The van der Waals surface area contributed by atoms with E-state index in [2.05, 4.69) is 34.7 Å². The van der Waals surface area contributed by atoms with Gasteiger partial charge in [-0.05, 0) is 37.4 Å². The summed E-state index contributed by atoms with van der Waals surface area (Å²) in [5.41, 5.74) is 2.59. The van der Waals surface area contributed by atoms with Gasteiger partial charge >= 0.3 is 0 Å². The fourth-order valence-electron chi connectivity index (χ4n) is 3.17. The number of hydrogen-bond donors (Lipinski definition) is 0. The molecule has 0 bridgehead atoms. The number of benzene rings is 1. The van der Waals surface area contributed by atoms with Crippen LogP contribution in [0.3, 0.4) is 0 Å². The Bertz CT molecular complexity index is 733. The molecular formula is C19H25ClN4O. The molecular weight excluding hydrogens is 336 g/mol. The van der Waals surface area contributed by atoms with Crippen molar-refractivity contribution in [3.63, 3.8) is 0 Å². The number of amides is 1. The van der Waals surface area contributed by atoms with Crippen molar-refractivity contribution in [2.45, 2.75) is 13.8 Å². The number of anilines is 3. The zero-order chi connectivity index (χ0) is 17.1. The smallest absolute Gasteiger partial charge is 0.261 e. The van der Waals surface area contributed by atoms with Crippen molar-refractivity contribution in [2.24, 2.45) is 0 Å². The van der Waals surface area contributed by atoms with Gasteiger partial charge in [0.25, 0.3) is 5.91 Å². The number of carbonyl (C=O) groups excluding carboxylic acids is 1. The summed E-state index contributed by atoms with van der Waals surface area (Å²) in [5, 5.41) is 0. The van der Waals surface area contributed by atoms with E-state index in [0.717, 1.165) is 43.4 Å². The van der Waals surface area contributed by atoms with Gasteiger partial charge < -0.3 is 14.7 Å². The van der Waals surface area contributed by atoms with E-state index >= 15 is 0 Å². The average Bonchev–Trinajstić information content (AvgIpc) is 2.72. The summed E-state index contributed by atoms with van der Waals surface area (Å²) in [4.78, 5) is 23.6. The molecule has 1 aliphatic heterocycles. The Kier molecular flexibility index (Phi) is 6.39. The Hall–Kier alpha value is -2.11. The van der Waals surface area contributed by atoms with Crippen LogP contribution in [0.2, 0.25) is 0 Å². The predicted octanol–water partition coefficient (Wildman–Crippen LogP) is 3.57. The fourth-order valence-corrected chi connectivity index (χ4v) is 3.17. The van der Waals surface area contributed by atoms with E-state index in [9.17, 15) is 4.79 Å². The quantitative estimate of drug-likeness (QED) is 0.817. The van der Waals surface area contributed by atoms with Crippen molar-refractivity contribution < 1.29 is 4.79 Å². The van der Waals surface area contributed by atoms with E-state index in [1.54, 1.807) is 11.1 Å². The zero-order valence-corrected chi connectivity index (χ0v) is 15.8. The normalized spacial score (nSPS) is 13.2. The number of halogens is 1. The molecule has 1 aliphatic rings. The molecule has 25 heavy (non-hydrogen) atoms. The van der Waals surface area contributed by atoms with E-state index in [0.29, 0.717) is 5.56 Å². The number of likely N-dealkylation sites (N-methyl/N-ethyl adjacent to an activating group) is 1. The lowest BCUT2D eigenvalue weighted by molar-refractivity contribution is 0.0994. The summed E-state index contributed by atoms with van der Waals surface area (Å²) < 4.78 is 0. The van der Waals surface area contributed by atoms with E-state index < -0.39 is 0 Å². The molecule has 3 rings (SSSR count). The first-order chi connectivity index (χ1) is 11.7. The predicted molar refractivity (Wildman–Crippen MR) is 105 cm³/mol. The molecule has 0 spiro atoms. The van der Waals surface area contributed by atoms with Crippen molar-refractivity contribution in [2.75, 3.05) is 43.0 Å². The molecule has 5 nitrogen and oxygen atoms in total. The Labute approximate surface area is 155 Å². The van der Waals surface area contributed by atoms with Crippen LogP contribution in [0.4, 0.5) is 17.2 Å². The molecule has 0 N–H and O–H groups in total. The third-order valence-electron chi connectivity index (χ3n) is 4.65. The van der Waals surface area contributed by atoms with Crippen LogP contribution in [-0.4, -0.2) is 49.0 Å². The second kappa shape index (κ2) is 8.32. The Morgan fingerprint density at radius 3 is 2.40 bits per heavy atom. The molecule has 6 heteroatoms. The van der Waals surface area contributed by atoms with Crippen LogP contribution < -0.4 is 9.80 Å². The Balaban J connectivity index is 0.00000225. The summed E-state index contributed by atoms with van der Waals surface area (Å²) in [6.07, 6.45) is 1.75. The molecule has 134 valence electrons. The van der Waals surface area contributed by atoms with Gasteiger partial charge in [0.15, 0.2) is 0 Å². The number of aromatic nitrogens is 1. The minimum absolute atomic E-state index is 0. The van der Waals surface area contributed by atoms with Gasteiger partial charge in [0.1, 0.15) is 5.82 Å². The first-order valence-corrected chi connectivity index (χ1v) is 8.49. The fraction of sp³-hybridized carbons (Fsp3) is 0.368. The average molecular weight is 361 g/mol. The minimum atomic E-state index is -0.0177. The van der Waals surface area contributed by atoms with E-state index in [1.807, 2.05) is 37.4 Å². The van der Waals surface area contributed by atoms with E-state index in [-0.39, 0.29) is 18.3 Å². The van der Waals surface area contributed by atoms with Crippen molar-refractivity contribution in [3.05, 3.63) is 48.2 Å². The van der Waals surface area contributed by atoms with Gasteiger partial charge in [0.05, 0.1) is 16.9 Å². The molecule has 0 atom stereocenters. The third-order valence-corrected chi connectivity index (χ3v) is 4.65. The first kappa shape index (κ1) is 19.2. The summed E-state index contributed by atoms with van der Waals surface area (Å²) >= 11 is 0. The van der Waals surface area contributed by atoms with Gasteiger partial charge in [0, 0.05) is 26.3 Å². The van der Waals surface area contributed by atoms with Gasteiger partial charge in [-0.2, -0.15) is 0 Å². The molecule has 1 amide bonds. The number of hydrogen-bond acceptors (Lipinski definition) is 4. The van der Waals surface area contributed by atoms with Gasteiger partial charge in [-0.3, -0.25) is 4.79 Å². The highest BCUT2D eigenvalue weighted by atomic mass is 35.5. The van der Waals surface area contributed by atoms with Crippen molar-refractivity contribution in [1.29, 1.82) is 0 Å². The standard InChI is InChI=1S/C19H24N4O.ClH/c1-4-22(5-2)13-14-23-17-11-7-6-10-16(17)21(3)19(24)15-9-8-12-20-18(15)23;/h6-12H,4-5,13-14H2,1-3H3;1H. The number of pyridine rings is 1. The maximum Gasteiger partial charge on any atom is 0.261 e.